The summed E-state index contributed by atoms with van der Waals surface area (Å²) in [6.07, 6.45) is -10.9. The van der Waals surface area contributed by atoms with Crippen LogP contribution in [0.5, 0.6) is 0 Å². The molecule has 0 aliphatic rings. The van der Waals surface area contributed by atoms with E-state index >= 15 is 0 Å². The van der Waals surface area contributed by atoms with Gasteiger partial charge in [0.15, 0.2) is 0 Å². The Balaban J connectivity index is 5.63. The highest BCUT2D eigenvalue weighted by atomic mass is 16.4. The monoisotopic (exact) mass is 112 g/mol. The van der Waals surface area contributed by atoms with Gasteiger partial charge in [-0.3, -0.25) is 4.79 Å². The van der Waals surface area contributed by atoms with Crippen molar-refractivity contribution in [1.82, 2.24) is 0 Å². The minimum Gasteiger partial charge on any atom is -0.481 e. The van der Waals surface area contributed by atoms with Crippen LogP contribution < -0.4 is 0 Å². The summed E-state index contributed by atoms with van der Waals surface area (Å²) in [6, 6.07) is 0. The van der Waals surface area contributed by atoms with Gasteiger partial charge in [-0.15, -0.1) is 0 Å². The Morgan fingerprint density at radius 1 is 2.29 bits per heavy atom. The lowest BCUT2D eigenvalue weighted by Gasteiger charge is -1.85. The molecule has 0 aliphatic heterocycles. The molecule has 0 rings (SSSR count). The lowest BCUT2D eigenvalue weighted by molar-refractivity contribution is -0.137. The van der Waals surface area contributed by atoms with Crippen molar-refractivity contribution >= 4 is 5.97 Å². The summed E-state index contributed by atoms with van der Waals surface area (Å²) in [4.78, 5) is 10.9. The van der Waals surface area contributed by atoms with Crippen LogP contribution in [0.1, 0.15) is 38.3 Å². The minimum atomic E-state index is -3.69. The van der Waals surface area contributed by atoms with E-state index in [2.05, 4.69) is 5.11 Å². The van der Waals surface area contributed by atoms with E-state index in [1.54, 1.807) is 0 Å². The maximum absolute atomic E-state index is 10.9. The Morgan fingerprint density at radius 3 is 3.71 bits per heavy atom. The molecule has 0 saturated heterocycles. The third kappa shape index (κ3) is 5.47. The molecule has 0 aromatic rings. The Morgan fingerprint density at radius 2 is 3.14 bits per heavy atom. The largest absolute Gasteiger partial charge is 0.481 e. The second-order valence-corrected chi connectivity index (χ2v) is 0.662. The van der Waals surface area contributed by atoms with Crippen LogP contribution in [0.3, 0.4) is 0 Å². The highest BCUT2D eigenvalue weighted by Crippen LogP contribution is 1.91. The number of hydrogen-bond acceptors (Lipinski definition) is 2. The van der Waals surface area contributed by atoms with Crippen molar-refractivity contribution in [3.63, 3.8) is 0 Å². The molecule has 0 saturated carbocycles. The first-order valence-electron chi connectivity index (χ1n) is 6.32. The highest BCUT2D eigenvalue weighted by Gasteiger charge is 1.90. The van der Waals surface area contributed by atoms with E-state index in [1.165, 1.54) is 0 Å². The predicted molar refractivity (Wildman–Crippen MR) is 27.2 cm³/mol. The summed E-state index contributed by atoms with van der Waals surface area (Å²) < 4.78 is 69.4. The maximum atomic E-state index is 10.9. The molecule has 0 atom stereocenters. The summed E-state index contributed by atoms with van der Waals surface area (Å²) in [7, 11) is 0. The van der Waals surface area contributed by atoms with Crippen LogP contribution in [0, 0.1) is 0 Å². The third-order valence-corrected chi connectivity index (χ3v) is 0.227. The zero-order valence-corrected chi connectivity index (χ0v) is 3.32. The van der Waals surface area contributed by atoms with Crippen molar-refractivity contribution in [2.24, 2.45) is 0 Å². The molecule has 0 amide bonds. The van der Waals surface area contributed by atoms with Gasteiger partial charge in [-0.2, -0.15) is 0 Å². The van der Waals surface area contributed by atoms with E-state index < -0.39 is 31.9 Å². The van der Waals surface area contributed by atoms with Gasteiger partial charge in [-0.1, -0.05) is 13.2 Å². The quantitative estimate of drug-likeness (QED) is 0.596. The van der Waals surface area contributed by atoms with Gasteiger partial charge in [-0.25, -0.2) is 0 Å². The first-order valence-corrected chi connectivity index (χ1v) is 1.41. The maximum Gasteiger partial charge on any atom is 0.303 e. The molecule has 0 fully saturated rings. The molecule has 0 unspecified atom stereocenters. The minimum absolute atomic E-state index is 2.00. The number of carboxylic acids is 1. The molecule has 0 aromatic carbocycles. The van der Waals surface area contributed by atoms with Crippen LogP contribution >= 0.6 is 0 Å². The van der Waals surface area contributed by atoms with Crippen LogP contribution in [-0.2, 0) is 4.79 Å². The molecule has 0 heterocycles. The van der Waals surface area contributed by atoms with Crippen molar-refractivity contribution in [1.29, 1.82) is 1.43 Å². The zero-order chi connectivity index (χ0) is 14.3. The van der Waals surface area contributed by atoms with Gasteiger partial charge >= 0.3 is 5.97 Å². The van der Waals surface area contributed by atoms with Crippen LogP contribution in [0.25, 0.3) is 1.43 Å². The fourth-order valence-corrected chi connectivity index (χ4v) is 0.0823. The molecular formula is C5H10O2. The molecule has 0 bridgehead atoms. The van der Waals surface area contributed by atoms with Gasteiger partial charge in [0, 0.05) is 18.7 Å². The van der Waals surface area contributed by atoms with Crippen LogP contribution in [-0.4, -0.2) is 11.1 Å². The molecule has 7 heavy (non-hydrogen) atoms. The van der Waals surface area contributed by atoms with Gasteiger partial charge in [0.05, 0.1) is 0 Å². The van der Waals surface area contributed by atoms with Crippen molar-refractivity contribution in [2.45, 2.75) is 26.0 Å². The average molecular weight is 112 g/mol. The Kier molecular flexibility index (Phi) is 0.422. The fourth-order valence-electron chi connectivity index (χ4n) is 0.0823. The van der Waals surface area contributed by atoms with E-state index in [9.17, 15) is 4.79 Å². The highest BCUT2D eigenvalue weighted by molar-refractivity contribution is 5.66. The Labute approximate surface area is 57.3 Å². The summed E-state index contributed by atoms with van der Waals surface area (Å²) in [5.41, 5.74) is 0. The average Bonchev–Trinajstić information content (AvgIpc) is 2.13. The number of hydrogen-bond donors (Lipinski definition) is 1. The first kappa shape index (κ1) is 0.809. The van der Waals surface area contributed by atoms with Gasteiger partial charge in [0.1, 0.15) is 0 Å². The zero-order valence-electron chi connectivity index (χ0n) is 13.3. The Bertz CT molecular complexity index is 304. The SMILES string of the molecule is [2H]OC(=O)C([2H])([2H])C([2H])([2H])C([2H])([2H])C([2H])([2H])[2H]. The predicted octanol–water partition coefficient (Wildman–Crippen LogP) is 1.26. The summed E-state index contributed by atoms with van der Waals surface area (Å²) >= 11 is 0. The van der Waals surface area contributed by atoms with E-state index in [0.717, 1.165) is 0 Å². The lowest BCUT2D eigenvalue weighted by Crippen LogP contribution is -1.91. The number of rotatable bonds is 3. The van der Waals surface area contributed by atoms with E-state index in [0.29, 0.717) is 0 Å². The van der Waals surface area contributed by atoms with Gasteiger partial charge in [0.25, 0.3) is 1.43 Å². The summed E-state index contributed by atoms with van der Waals surface area (Å²) in [5, 5.41) is 3.25. The van der Waals surface area contributed by atoms with Crippen LogP contribution in [0.15, 0.2) is 0 Å². The molecule has 1 N–H and O–H groups in total. The number of aliphatic carboxylic acids is 1. The van der Waals surface area contributed by atoms with Crippen molar-refractivity contribution in [3.05, 3.63) is 0 Å². The number of carbonyl (C=O) groups is 1. The van der Waals surface area contributed by atoms with Crippen molar-refractivity contribution < 1.29 is 22.2 Å². The molecule has 2 heteroatoms. The van der Waals surface area contributed by atoms with Gasteiger partial charge in [0.2, 0.25) is 0 Å². The van der Waals surface area contributed by atoms with Gasteiger partial charge < -0.3 is 5.11 Å². The molecule has 0 spiro atoms. The second kappa shape index (κ2) is 3.65. The van der Waals surface area contributed by atoms with E-state index in [1.807, 2.05) is 0 Å². The van der Waals surface area contributed by atoms with Crippen LogP contribution in [0.4, 0.5) is 0 Å². The van der Waals surface area contributed by atoms with Crippen molar-refractivity contribution in [3.8, 4) is 0 Å². The van der Waals surface area contributed by atoms with Gasteiger partial charge in [-0.05, 0) is 6.37 Å². The molecular weight excluding hydrogens is 92.1 g/mol. The number of carboxylic acid groups (broad SMARTS) is 1. The topological polar surface area (TPSA) is 37.3 Å². The molecule has 2 nitrogen and oxygen atoms in total. The third-order valence-electron chi connectivity index (χ3n) is 0.227. The first-order chi connectivity index (χ1) is 7.23. The van der Waals surface area contributed by atoms with Crippen LogP contribution in [0.2, 0.25) is 0 Å². The standard InChI is InChI=1S/C5H10O2/c1-2-3-4-5(6)7/h2-4H2,1H3,(H,6,7)/i1D3,2D2,3D2,4D2/hD. The van der Waals surface area contributed by atoms with E-state index in [-0.39, 0.29) is 0 Å². The smallest absolute Gasteiger partial charge is 0.303 e. The second-order valence-electron chi connectivity index (χ2n) is 0.662. The molecule has 0 aliphatic carbocycles. The molecule has 0 radical (unpaired) electrons. The van der Waals surface area contributed by atoms with Crippen molar-refractivity contribution in [2.75, 3.05) is 0 Å². The normalized spacial score (nSPS) is 37.1. The molecule has 0 aromatic heterocycles. The Hall–Kier alpha value is -0.530. The summed E-state index contributed by atoms with van der Waals surface area (Å²) in [6.45, 7) is -3.48. The van der Waals surface area contributed by atoms with E-state index in [4.69, 9.17) is 13.8 Å². The fraction of sp³-hybridized carbons (Fsp3) is 0.800. The summed E-state index contributed by atoms with van der Waals surface area (Å²) in [5.74, 6) is -2.00. The molecule has 42 valence electrons. The lowest BCUT2D eigenvalue weighted by atomic mass is 10.3.